The van der Waals surface area contributed by atoms with E-state index in [-0.39, 0.29) is 5.91 Å². The molecular weight excluding hydrogens is 452 g/mol. The lowest BCUT2D eigenvalue weighted by Crippen LogP contribution is -2.31. The largest absolute Gasteiger partial charge is 0.496 e. The van der Waals surface area contributed by atoms with Crippen molar-refractivity contribution in [1.29, 1.82) is 0 Å². The number of aromatic nitrogens is 4. The van der Waals surface area contributed by atoms with Crippen molar-refractivity contribution in [2.24, 2.45) is 0 Å². The molecule has 1 atom stereocenters. The van der Waals surface area contributed by atoms with Crippen LogP contribution in [0, 0.1) is 0 Å². The molecule has 9 heteroatoms. The topological polar surface area (TPSA) is 94.0 Å². The molecule has 1 aliphatic rings. The molecule has 0 saturated carbocycles. The highest BCUT2D eigenvalue weighted by atomic mass is 35.5. The molecule has 3 heterocycles. The van der Waals surface area contributed by atoms with E-state index in [1.54, 1.807) is 48.5 Å². The maximum atomic E-state index is 13.5. The van der Waals surface area contributed by atoms with Gasteiger partial charge in [-0.2, -0.15) is 4.98 Å². The summed E-state index contributed by atoms with van der Waals surface area (Å²) in [6.45, 7) is 1.85. The molecule has 2 N–H and O–H groups in total. The fourth-order valence-electron chi connectivity index (χ4n) is 4.01. The molecule has 34 heavy (non-hydrogen) atoms. The molecule has 0 unspecified atom stereocenters. The third kappa shape index (κ3) is 3.99. The highest BCUT2D eigenvalue weighted by Crippen LogP contribution is 2.40. The van der Waals surface area contributed by atoms with Crippen molar-refractivity contribution < 1.29 is 9.53 Å². The Labute approximate surface area is 201 Å². The van der Waals surface area contributed by atoms with E-state index in [0.29, 0.717) is 39.5 Å². The summed E-state index contributed by atoms with van der Waals surface area (Å²) < 4.78 is 7.35. The number of carbonyl (C=O) groups is 1. The van der Waals surface area contributed by atoms with Crippen molar-refractivity contribution in [3.8, 4) is 17.1 Å². The first-order valence-corrected chi connectivity index (χ1v) is 11.0. The SMILES string of the molecule is COc1ccccc1[C@H]1C(C(=O)Nc2cccnc2)=C(C)Nc2nc(-c3cccc(Cl)c3)nn21. The lowest BCUT2D eigenvalue weighted by Gasteiger charge is -2.29. The van der Waals surface area contributed by atoms with Crippen LogP contribution >= 0.6 is 11.6 Å². The summed E-state index contributed by atoms with van der Waals surface area (Å²) in [6, 6.07) is 17.9. The zero-order valence-electron chi connectivity index (χ0n) is 18.5. The van der Waals surface area contributed by atoms with Gasteiger partial charge in [-0.25, -0.2) is 4.68 Å². The molecule has 170 valence electrons. The standard InChI is InChI=1S/C25H21ClN6O2/c1-15-21(24(33)29-18-9-6-12-27-14-18)22(19-10-3-4-11-20(19)34-2)32-25(28-15)30-23(31-32)16-7-5-8-17(26)13-16/h3-14,22H,1-2H3,(H,29,33)(H,28,30,31)/t22-/m0/s1. The number of benzene rings is 2. The molecule has 0 spiro atoms. The fourth-order valence-corrected chi connectivity index (χ4v) is 4.20. The monoisotopic (exact) mass is 472 g/mol. The number of anilines is 2. The predicted octanol–water partition coefficient (Wildman–Crippen LogP) is 4.93. The van der Waals surface area contributed by atoms with Crippen LogP contribution in [0.5, 0.6) is 5.75 Å². The van der Waals surface area contributed by atoms with Gasteiger partial charge in [-0.3, -0.25) is 9.78 Å². The first-order valence-electron chi connectivity index (χ1n) is 10.6. The molecule has 0 aliphatic carbocycles. The number of nitrogens with zero attached hydrogens (tertiary/aromatic N) is 4. The van der Waals surface area contributed by atoms with E-state index in [9.17, 15) is 4.79 Å². The maximum absolute atomic E-state index is 13.5. The summed E-state index contributed by atoms with van der Waals surface area (Å²) in [7, 11) is 1.60. The van der Waals surface area contributed by atoms with Gasteiger partial charge in [0.2, 0.25) is 5.95 Å². The van der Waals surface area contributed by atoms with Gasteiger partial charge in [-0.15, -0.1) is 5.10 Å². The van der Waals surface area contributed by atoms with Crippen LogP contribution < -0.4 is 15.4 Å². The number of amides is 1. The third-order valence-corrected chi connectivity index (χ3v) is 5.77. The van der Waals surface area contributed by atoms with E-state index >= 15 is 0 Å². The van der Waals surface area contributed by atoms with E-state index in [1.165, 1.54) is 0 Å². The lowest BCUT2D eigenvalue weighted by molar-refractivity contribution is -0.113. The van der Waals surface area contributed by atoms with E-state index in [2.05, 4.69) is 20.6 Å². The minimum absolute atomic E-state index is 0.278. The van der Waals surface area contributed by atoms with Crippen molar-refractivity contribution in [2.45, 2.75) is 13.0 Å². The molecule has 0 bridgehead atoms. The van der Waals surface area contributed by atoms with E-state index in [0.717, 1.165) is 11.1 Å². The summed E-state index contributed by atoms with van der Waals surface area (Å²) in [5, 5.41) is 11.5. The van der Waals surface area contributed by atoms with E-state index < -0.39 is 6.04 Å². The Morgan fingerprint density at radius 1 is 1.15 bits per heavy atom. The van der Waals surface area contributed by atoms with Gasteiger partial charge in [-0.05, 0) is 37.3 Å². The second-order valence-electron chi connectivity index (χ2n) is 7.72. The highest BCUT2D eigenvalue weighted by molar-refractivity contribution is 6.30. The number of para-hydroxylation sites is 1. The second-order valence-corrected chi connectivity index (χ2v) is 8.15. The number of halogens is 1. The number of rotatable bonds is 5. The molecule has 0 radical (unpaired) electrons. The molecule has 2 aromatic heterocycles. The number of allylic oxidation sites excluding steroid dienone is 1. The summed E-state index contributed by atoms with van der Waals surface area (Å²) in [4.78, 5) is 22.3. The van der Waals surface area contributed by atoms with Gasteiger partial charge < -0.3 is 15.4 Å². The van der Waals surface area contributed by atoms with Crippen LogP contribution in [0.3, 0.4) is 0 Å². The Balaban J connectivity index is 1.64. The Hall–Kier alpha value is -4.17. The van der Waals surface area contributed by atoms with E-state index in [1.807, 2.05) is 43.3 Å². The van der Waals surface area contributed by atoms with Crippen molar-refractivity contribution in [2.75, 3.05) is 17.7 Å². The Morgan fingerprint density at radius 2 is 2.00 bits per heavy atom. The molecule has 8 nitrogen and oxygen atoms in total. The van der Waals surface area contributed by atoms with Gasteiger partial charge in [0.15, 0.2) is 5.82 Å². The number of pyridine rings is 1. The van der Waals surface area contributed by atoms with Gasteiger partial charge in [0.25, 0.3) is 5.91 Å². The molecule has 4 aromatic rings. The average Bonchev–Trinajstić information content (AvgIpc) is 3.27. The van der Waals surface area contributed by atoms with Crippen molar-refractivity contribution in [1.82, 2.24) is 19.7 Å². The molecule has 2 aromatic carbocycles. The number of hydrogen-bond donors (Lipinski definition) is 2. The van der Waals surface area contributed by atoms with Crippen LogP contribution in [0.25, 0.3) is 11.4 Å². The Bertz CT molecular complexity index is 1400. The molecule has 5 rings (SSSR count). The average molecular weight is 473 g/mol. The van der Waals surface area contributed by atoms with Crippen LogP contribution in [-0.4, -0.2) is 32.8 Å². The Morgan fingerprint density at radius 3 is 2.76 bits per heavy atom. The van der Waals surface area contributed by atoms with Crippen LogP contribution in [0.15, 0.2) is 84.3 Å². The lowest BCUT2D eigenvalue weighted by atomic mass is 9.94. The number of carbonyl (C=O) groups excluding carboxylic acids is 1. The first kappa shape index (κ1) is 21.7. The molecule has 0 saturated heterocycles. The summed E-state index contributed by atoms with van der Waals surface area (Å²) >= 11 is 6.19. The van der Waals surface area contributed by atoms with Crippen molar-refractivity contribution in [3.05, 3.63) is 94.9 Å². The Kier molecular flexibility index (Phi) is 5.73. The van der Waals surface area contributed by atoms with Crippen LogP contribution in [0.4, 0.5) is 11.6 Å². The first-order chi connectivity index (χ1) is 16.5. The normalized spacial score (nSPS) is 14.9. The van der Waals surface area contributed by atoms with Gasteiger partial charge in [0.05, 0.1) is 24.6 Å². The fraction of sp³-hybridized carbons (Fsp3) is 0.120. The zero-order chi connectivity index (χ0) is 23.7. The minimum atomic E-state index is -0.579. The molecule has 1 aliphatic heterocycles. The minimum Gasteiger partial charge on any atom is -0.496 e. The van der Waals surface area contributed by atoms with Gasteiger partial charge in [0, 0.05) is 28.0 Å². The predicted molar refractivity (Wildman–Crippen MR) is 131 cm³/mol. The molecular formula is C25H21ClN6O2. The quantitative estimate of drug-likeness (QED) is 0.427. The number of fused-ring (bicyclic) bond motifs is 1. The number of methoxy groups -OCH3 is 1. The van der Waals surface area contributed by atoms with Crippen LogP contribution in [0.1, 0.15) is 18.5 Å². The smallest absolute Gasteiger partial charge is 0.255 e. The molecule has 0 fully saturated rings. The van der Waals surface area contributed by atoms with Gasteiger partial charge >= 0.3 is 0 Å². The number of nitrogens with one attached hydrogen (secondary N) is 2. The maximum Gasteiger partial charge on any atom is 0.255 e. The number of ether oxygens (including phenoxy) is 1. The van der Waals surface area contributed by atoms with Crippen LogP contribution in [0.2, 0.25) is 5.02 Å². The van der Waals surface area contributed by atoms with E-state index in [4.69, 9.17) is 21.4 Å². The highest BCUT2D eigenvalue weighted by Gasteiger charge is 2.36. The molecule has 1 amide bonds. The summed E-state index contributed by atoms with van der Waals surface area (Å²) in [5.74, 6) is 1.37. The zero-order valence-corrected chi connectivity index (χ0v) is 19.2. The summed E-state index contributed by atoms with van der Waals surface area (Å²) in [6.07, 6.45) is 3.25. The van der Waals surface area contributed by atoms with Gasteiger partial charge in [-0.1, -0.05) is 41.9 Å². The van der Waals surface area contributed by atoms with Crippen molar-refractivity contribution in [3.63, 3.8) is 0 Å². The summed E-state index contributed by atoms with van der Waals surface area (Å²) in [5.41, 5.74) is 3.30. The number of hydrogen-bond acceptors (Lipinski definition) is 6. The van der Waals surface area contributed by atoms with Gasteiger partial charge in [0.1, 0.15) is 11.8 Å². The second kappa shape index (κ2) is 8.99. The van der Waals surface area contributed by atoms with Crippen molar-refractivity contribution >= 4 is 29.1 Å². The third-order valence-electron chi connectivity index (χ3n) is 5.53. The van der Waals surface area contributed by atoms with Crippen LogP contribution in [-0.2, 0) is 4.79 Å².